The number of rotatable bonds is 9. The Balaban J connectivity index is 1.75. The average Bonchev–Trinajstić information content (AvgIpc) is 2.94. The number of aryl methyl sites for hydroxylation is 1. The van der Waals surface area contributed by atoms with E-state index in [1.807, 2.05) is 61.5 Å². The van der Waals surface area contributed by atoms with Gasteiger partial charge in [-0.3, -0.25) is 9.69 Å². The highest BCUT2D eigenvalue weighted by Crippen LogP contribution is 2.37. The van der Waals surface area contributed by atoms with Gasteiger partial charge in [-0.2, -0.15) is 0 Å². The molecule has 38 heavy (non-hydrogen) atoms. The highest BCUT2D eigenvalue weighted by atomic mass is 16.5. The molecule has 0 N–H and O–H groups in total. The Hall–Kier alpha value is -4.28. The van der Waals surface area contributed by atoms with Gasteiger partial charge in [0, 0.05) is 23.1 Å². The number of fused-ring (bicyclic) bond motifs is 1. The zero-order valence-corrected chi connectivity index (χ0v) is 21.9. The molecule has 0 aliphatic carbocycles. The summed E-state index contributed by atoms with van der Waals surface area (Å²) in [6, 6.07) is 39.3. The Morgan fingerprint density at radius 3 is 2.18 bits per heavy atom. The Kier molecular flexibility index (Phi) is 7.91. The van der Waals surface area contributed by atoms with Crippen LogP contribution in [0.2, 0.25) is 0 Å². The predicted octanol–water partition coefficient (Wildman–Crippen LogP) is 7.36. The summed E-state index contributed by atoms with van der Waals surface area (Å²) in [7, 11) is 0. The summed E-state index contributed by atoms with van der Waals surface area (Å²) in [4.78, 5) is 20.3. The maximum absolute atomic E-state index is 12.9. The van der Waals surface area contributed by atoms with Gasteiger partial charge in [0.2, 0.25) is 0 Å². The van der Waals surface area contributed by atoms with Crippen LogP contribution in [-0.2, 0) is 16.1 Å². The zero-order valence-electron chi connectivity index (χ0n) is 21.9. The summed E-state index contributed by atoms with van der Waals surface area (Å²) in [5.74, 6) is -0.241. The molecule has 5 rings (SSSR count). The van der Waals surface area contributed by atoms with Crippen LogP contribution in [-0.4, -0.2) is 29.0 Å². The molecular weight excluding hydrogens is 468 g/mol. The lowest BCUT2D eigenvalue weighted by Crippen LogP contribution is -2.35. The van der Waals surface area contributed by atoms with Crippen LogP contribution in [0.25, 0.3) is 22.2 Å². The van der Waals surface area contributed by atoms with Crippen LogP contribution in [0.3, 0.4) is 0 Å². The second-order valence-corrected chi connectivity index (χ2v) is 9.50. The van der Waals surface area contributed by atoms with E-state index in [2.05, 4.69) is 72.5 Å². The van der Waals surface area contributed by atoms with Gasteiger partial charge < -0.3 is 4.74 Å². The number of hydrogen-bond donors (Lipinski definition) is 0. The second kappa shape index (κ2) is 11.8. The largest absolute Gasteiger partial charge is 0.465 e. The van der Waals surface area contributed by atoms with Crippen molar-refractivity contribution in [3.8, 4) is 11.3 Å². The number of carbonyl (C=O) groups excluding carboxylic acids is 1. The standard InChI is InChI=1S/C34H32N2O2/c1-3-38-32(37)24-36(23-26-13-7-4-8-14-26)34(28-17-11-6-12-18-28)30-22-29-21-25(2)19-20-31(29)35-33(30)27-15-9-5-10-16-27/h4-22,34H,3,23-24H2,1-2H3. The first-order chi connectivity index (χ1) is 18.6. The Morgan fingerprint density at radius 1 is 0.842 bits per heavy atom. The molecule has 1 aromatic heterocycles. The number of benzene rings is 4. The minimum Gasteiger partial charge on any atom is -0.465 e. The van der Waals surface area contributed by atoms with Gasteiger partial charge in [0.05, 0.1) is 30.4 Å². The highest BCUT2D eigenvalue weighted by Gasteiger charge is 2.28. The normalized spacial score (nSPS) is 12.0. The monoisotopic (exact) mass is 500 g/mol. The van der Waals surface area contributed by atoms with E-state index in [0.717, 1.165) is 38.9 Å². The van der Waals surface area contributed by atoms with Crippen LogP contribution in [0, 0.1) is 6.92 Å². The summed E-state index contributed by atoms with van der Waals surface area (Å²) in [5.41, 5.74) is 7.37. The van der Waals surface area contributed by atoms with Gasteiger partial charge in [-0.25, -0.2) is 4.98 Å². The number of esters is 1. The average molecular weight is 501 g/mol. The fraction of sp³-hybridized carbons (Fsp3) is 0.176. The first kappa shape index (κ1) is 25.4. The van der Waals surface area contributed by atoms with Crippen molar-refractivity contribution in [2.75, 3.05) is 13.2 Å². The number of nitrogens with zero attached hydrogens (tertiary/aromatic N) is 2. The SMILES string of the molecule is CCOC(=O)CN(Cc1ccccc1)C(c1ccccc1)c1cc2cc(C)ccc2nc1-c1ccccc1. The van der Waals surface area contributed by atoms with Gasteiger partial charge in [0.1, 0.15) is 0 Å². The van der Waals surface area contributed by atoms with Gasteiger partial charge in [-0.05, 0) is 43.2 Å². The van der Waals surface area contributed by atoms with Crippen molar-refractivity contribution in [3.63, 3.8) is 0 Å². The summed E-state index contributed by atoms with van der Waals surface area (Å²) < 4.78 is 5.44. The molecule has 5 aromatic rings. The maximum Gasteiger partial charge on any atom is 0.320 e. The molecule has 4 nitrogen and oxygen atoms in total. The van der Waals surface area contributed by atoms with Gasteiger partial charge in [0.25, 0.3) is 0 Å². The molecule has 0 radical (unpaired) electrons. The smallest absolute Gasteiger partial charge is 0.320 e. The quantitative estimate of drug-likeness (QED) is 0.198. The van der Waals surface area contributed by atoms with Crippen LogP contribution in [0.1, 0.15) is 35.2 Å². The van der Waals surface area contributed by atoms with E-state index in [-0.39, 0.29) is 18.6 Å². The van der Waals surface area contributed by atoms with Crippen molar-refractivity contribution >= 4 is 16.9 Å². The maximum atomic E-state index is 12.9. The van der Waals surface area contributed by atoms with Crippen molar-refractivity contribution in [2.24, 2.45) is 0 Å². The summed E-state index contributed by atoms with van der Waals surface area (Å²) in [6.07, 6.45) is 0. The van der Waals surface area contributed by atoms with Crippen molar-refractivity contribution in [1.29, 1.82) is 0 Å². The third-order valence-corrected chi connectivity index (χ3v) is 6.69. The Labute approximate surface area is 224 Å². The number of hydrogen-bond acceptors (Lipinski definition) is 4. The van der Waals surface area contributed by atoms with E-state index >= 15 is 0 Å². The second-order valence-electron chi connectivity index (χ2n) is 9.50. The molecule has 4 heteroatoms. The molecule has 0 amide bonds. The molecule has 0 fully saturated rings. The Morgan fingerprint density at radius 2 is 1.50 bits per heavy atom. The minimum atomic E-state index is -0.241. The lowest BCUT2D eigenvalue weighted by Gasteiger charge is -2.33. The summed E-state index contributed by atoms with van der Waals surface area (Å²) >= 11 is 0. The first-order valence-electron chi connectivity index (χ1n) is 13.1. The van der Waals surface area contributed by atoms with Crippen LogP contribution in [0.15, 0.2) is 115 Å². The van der Waals surface area contributed by atoms with Crippen LogP contribution >= 0.6 is 0 Å². The van der Waals surface area contributed by atoms with E-state index in [4.69, 9.17) is 9.72 Å². The Bertz CT molecular complexity index is 1500. The third-order valence-electron chi connectivity index (χ3n) is 6.69. The van der Waals surface area contributed by atoms with Crippen molar-refractivity contribution in [1.82, 2.24) is 9.88 Å². The fourth-order valence-electron chi connectivity index (χ4n) is 5.00. The zero-order chi connectivity index (χ0) is 26.3. The summed E-state index contributed by atoms with van der Waals surface area (Å²) in [6.45, 7) is 5.03. The fourth-order valence-corrected chi connectivity index (χ4v) is 5.00. The lowest BCUT2D eigenvalue weighted by molar-refractivity contribution is -0.145. The van der Waals surface area contributed by atoms with Crippen LogP contribution < -0.4 is 0 Å². The summed E-state index contributed by atoms with van der Waals surface area (Å²) in [5, 5.41) is 1.08. The minimum absolute atomic E-state index is 0.155. The highest BCUT2D eigenvalue weighted by molar-refractivity contribution is 5.84. The van der Waals surface area contributed by atoms with Crippen molar-refractivity contribution < 1.29 is 9.53 Å². The van der Waals surface area contributed by atoms with E-state index in [9.17, 15) is 4.79 Å². The van der Waals surface area contributed by atoms with E-state index in [0.29, 0.717) is 13.2 Å². The predicted molar refractivity (Wildman–Crippen MR) is 154 cm³/mol. The molecule has 1 atom stereocenters. The van der Waals surface area contributed by atoms with E-state index in [1.54, 1.807) is 0 Å². The first-order valence-corrected chi connectivity index (χ1v) is 13.1. The van der Waals surface area contributed by atoms with E-state index < -0.39 is 0 Å². The van der Waals surface area contributed by atoms with Gasteiger partial charge >= 0.3 is 5.97 Å². The van der Waals surface area contributed by atoms with Crippen LogP contribution in [0.4, 0.5) is 0 Å². The molecule has 0 saturated heterocycles. The topological polar surface area (TPSA) is 42.4 Å². The number of pyridine rings is 1. The molecule has 0 aliphatic rings. The van der Waals surface area contributed by atoms with Gasteiger partial charge in [-0.1, -0.05) is 103 Å². The number of carbonyl (C=O) groups is 1. The van der Waals surface area contributed by atoms with Crippen molar-refractivity contribution in [2.45, 2.75) is 26.4 Å². The van der Waals surface area contributed by atoms with E-state index in [1.165, 1.54) is 5.56 Å². The molecule has 1 unspecified atom stereocenters. The third kappa shape index (κ3) is 5.82. The number of aromatic nitrogens is 1. The van der Waals surface area contributed by atoms with Crippen molar-refractivity contribution in [3.05, 3.63) is 138 Å². The lowest BCUT2D eigenvalue weighted by atomic mass is 9.91. The molecule has 0 saturated carbocycles. The molecule has 0 bridgehead atoms. The van der Waals surface area contributed by atoms with Gasteiger partial charge in [-0.15, -0.1) is 0 Å². The molecular formula is C34H32N2O2. The molecule has 4 aromatic carbocycles. The van der Waals surface area contributed by atoms with Crippen LogP contribution in [0.5, 0.6) is 0 Å². The molecule has 0 spiro atoms. The molecule has 1 heterocycles. The molecule has 0 aliphatic heterocycles. The van der Waals surface area contributed by atoms with Gasteiger partial charge in [0.15, 0.2) is 0 Å². The molecule has 190 valence electrons. The number of ether oxygens (including phenoxy) is 1.